The number of aryl methyl sites for hydroxylation is 2. The zero-order valence-corrected chi connectivity index (χ0v) is 15.0. The standard InChI is InChI=1S/C19H26N4O2/c1-16-3-5-18(6-4-16)25-15-19(24)23-13-10-21(11-14-23)9-12-22-8-7-20-17(22)2/h3-8H,9-15H2,1-2H3. The molecule has 6 nitrogen and oxygen atoms in total. The molecule has 1 saturated heterocycles. The van der Waals surface area contributed by atoms with Crippen LogP contribution in [0, 0.1) is 13.8 Å². The van der Waals surface area contributed by atoms with Gasteiger partial charge in [-0.05, 0) is 26.0 Å². The van der Waals surface area contributed by atoms with Crippen molar-refractivity contribution in [2.45, 2.75) is 20.4 Å². The maximum Gasteiger partial charge on any atom is 0.260 e. The summed E-state index contributed by atoms with van der Waals surface area (Å²) in [7, 11) is 0. The van der Waals surface area contributed by atoms with Crippen LogP contribution < -0.4 is 4.74 Å². The Kier molecular flexibility index (Phi) is 5.71. The summed E-state index contributed by atoms with van der Waals surface area (Å²) in [5.41, 5.74) is 1.18. The van der Waals surface area contributed by atoms with Crippen LogP contribution in [-0.4, -0.2) is 64.6 Å². The van der Waals surface area contributed by atoms with E-state index in [1.807, 2.05) is 55.4 Å². The van der Waals surface area contributed by atoms with E-state index in [2.05, 4.69) is 14.5 Å². The Labute approximate surface area is 149 Å². The van der Waals surface area contributed by atoms with Gasteiger partial charge in [0.25, 0.3) is 5.91 Å². The molecule has 0 bridgehead atoms. The van der Waals surface area contributed by atoms with Crippen LogP contribution in [0.3, 0.4) is 0 Å². The predicted octanol–water partition coefficient (Wildman–Crippen LogP) is 1.72. The molecule has 3 rings (SSSR count). The van der Waals surface area contributed by atoms with Gasteiger partial charge in [-0.2, -0.15) is 0 Å². The number of hydrogen-bond donors (Lipinski definition) is 0. The van der Waals surface area contributed by atoms with E-state index in [-0.39, 0.29) is 12.5 Å². The first-order valence-electron chi connectivity index (χ1n) is 8.79. The Hall–Kier alpha value is -2.34. The Morgan fingerprint density at radius 3 is 2.44 bits per heavy atom. The van der Waals surface area contributed by atoms with Gasteiger partial charge in [0.1, 0.15) is 11.6 Å². The number of amides is 1. The van der Waals surface area contributed by atoms with Gasteiger partial charge in [0, 0.05) is 51.7 Å². The Morgan fingerprint density at radius 2 is 1.80 bits per heavy atom. The first-order valence-corrected chi connectivity index (χ1v) is 8.79. The maximum absolute atomic E-state index is 12.3. The third-order valence-electron chi connectivity index (χ3n) is 4.69. The normalized spacial score (nSPS) is 15.4. The number of imidazole rings is 1. The Balaban J connectivity index is 1.38. The van der Waals surface area contributed by atoms with E-state index in [0.29, 0.717) is 0 Å². The first kappa shape index (κ1) is 17.5. The predicted molar refractivity (Wildman–Crippen MR) is 96.7 cm³/mol. The zero-order valence-electron chi connectivity index (χ0n) is 15.0. The van der Waals surface area contributed by atoms with Crippen molar-refractivity contribution in [3.05, 3.63) is 48.0 Å². The SMILES string of the molecule is Cc1ccc(OCC(=O)N2CCN(CCn3ccnc3C)CC2)cc1. The van der Waals surface area contributed by atoms with Crippen LogP contribution in [0.5, 0.6) is 5.75 Å². The van der Waals surface area contributed by atoms with Gasteiger partial charge in [-0.1, -0.05) is 17.7 Å². The molecule has 134 valence electrons. The van der Waals surface area contributed by atoms with Crippen LogP contribution in [0.15, 0.2) is 36.7 Å². The van der Waals surface area contributed by atoms with Crippen LogP contribution in [0.4, 0.5) is 0 Å². The molecular formula is C19H26N4O2. The van der Waals surface area contributed by atoms with Crippen molar-refractivity contribution in [1.82, 2.24) is 19.4 Å². The van der Waals surface area contributed by atoms with Gasteiger partial charge in [-0.25, -0.2) is 4.98 Å². The van der Waals surface area contributed by atoms with Crippen LogP contribution in [0.25, 0.3) is 0 Å². The summed E-state index contributed by atoms with van der Waals surface area (Å²) in [4.78, 5) is 20.8. The molecule has 25 heavy (non-hydrogen) atoms. The van der Waals surface area contributed by atoms with E-state index in [1.54, 1.807) is 0 Å². The van der Waals surface area contributed by atoms with Gasteiger partial charge in [0.15, 0.2) is 6.61 Å². The number of nitrogens with zero attached hydrogens (tertiary/aromatic N) is 4. The highest BCUT2D eigenvalue weighted by Gasteiger charge is 2.21. The van der Waals surface area contributed by atoms with Crippen molar-refractivity contribution in [1.29, 1.82) is 0 Å². The molecule has 1 aromatic heterocycles. The number of carbonyl (C=O) groups is 1. The number of carbonyl (C=O) groups excluding carboxylic acids is 1. The average molecular weight is 342 g/mol. The van der Waals surface area contributed by atoms with Crippen molar-refractivity contribution < 1.29 is 9.53 Å². The second kappa shape index (κ2) is 8.16. The molecule has 0 radical (unpaired) electrons. The lowest BCUT2D eigenvalue weighted by Crippen LogP contribution is -2.50. The summed E-state index contributed by atoms with van der Waals surface area (Å²) < 4.78 is 7.76. The molecule has 0 N–H and O–H groups in total. The molecule has 0 aliphatic carbocycles. The molecule has 1 aliphatic rings. The lowest BCUT2D eigenvalue weighted by atomic mass is 10.2. The van der Waals surface area contributed by atoms with Crippen LogP contribution >= 0.6 is 0 Å². The van der Waals surface area contributed by atoms with Gasteiger partial charge >= 0.3 is 0 Å². The van der Waals surface area contributed by atoms with E-state index in [1.165, 1.54) is 5.56 Å². The number of hydrogen-bond acceptors (Lipinski definition) is 4. The first-order chi connectivity index (χ1) is 12.1. The fraction of sp³-hybridized carbons (Fsp3) is 0.474. The molecular weight excluding hydrogens is 316 g/mol. The second-order valence-electron chi connectivity index (χ2n) is 6.49. The van der Waals surface area contributed by atoms with Gasteiger partial charge in [0.2, 0.25) is 0 Å². The van der Waals surface area contributed by atoms with E-state index in [0.717, 1.165) is 50.8 Å². The molecule has 1 fully saturated rings. The van der Waals surface area contributed by atoms with Gasteiger partial charge in [0.05, 0.1) is 0 Å². The van der Waals surface area contributed by atoms with Gasteiger partial charge in [-0.3, -0.25) is 9.69 Å². The average Bonchev–Trinajstić information content (AvgIpc) is 3.04. The van der Waals surface area contributed by atoms with Crippen molar-refractivity contribution in [3.63, 3.8) is 0 Å². The molecule has 2 aromatic rings. The van der Waals surface area contributed by atoms with E-state index in [4.69, 9.17) is 4.74 Å². The van der Waals surface area contributed by atoms with E-state index < -0.39 is 0 Å². The van der Waals surface area contributed by atoms with E-state index in [9.17, 15) is 4.79 Å². The van der Waals surface area contributed by atoms with Gasteiger partial charge in [-0.15, -0.1) is 0 Å². The number of benzene rings is 1. The molecule has 1 amide bonds. The minimum absolute atomic E-state index is 0.0608. The highest BCUT2D eigenvalue weighted by molar-refractivity contribution is 5.77. The summed E-state index contributed by atoms with van der Waals surface area (Å²) in [6.45, 7) is 9.42. The number of rotatable bonds is 6. The topological polar surface area (TPSA) is 50.6 Å². The fourth-order valence-electron chi connectivity index (χ4n) is 2.98. The summed E-state index contributed by atoms with van der Waals surface area (Å²) in [5, 5.41) is 0. The Bertz CT molecular complexity index is 688. The fourth-order valence-corrected chi connectivity index (χ4v) is 2.98. The summed E-state index contributed by atoms with van der Waals surface area (Å²) >= 11 is 0. The van der Waals surface area contributed by atoms with Crippen LogP contribution in [0.1, 0.15) is 11.4 Å². The molecule has 0 unspecified atom stereocenters. The molecule has 1 aliphatic heterocycles. The molecule has 0 atom stereocenters. The molecule has 0 saturated carbocycles. The lowest BCUT2D eigenvalue weighted by molar-refractivity contribution is -0.135. The van der Waals surface area contributed by atoms with Crippen molar-refractivity contribution in [2.24, 2.45) is 0 Å². The largest absolute Gasteiger partial charge is 0.484 e. The van der Waals surface area contributed by atoms with Crippen LogP contribution in [0.2, 0.25) is 0 Å². The molecule has 1 aromatic carbocycles. The third kappa shape index (κ3) is 4.82. The highest BCUT2D eigenvalue weighted by atomic mass is 16.5. The maximum atomic E-state index is 12.3. The smallest absolute Gasteiger partial charge is 0.260 e. The Morgan fingerprint density at radius 1 is 1.08 bits per heavy atom. The van der Waals surface area contributed by atoms with Crippen molar-refractivity contribution >= 4 is 5.91 Å². The molecule has 0 spiro atoms. The quantitative estimate of drug-likeness (QED) is 0.802. The molecule has 6 heteroatoms. The zero-order chi connectivity index (χ0) is 17.6. The minimum atomic E-state index is 0.0608. The summed E-state index contributed by atoms with van der Waals surface area (Å²) in [6, 6.07) is 7.78. The summed E-state index contributed by atoms with van der Waals surface area (Å²) in [5.74, 6) is 1.85. The minimum Gasteiger partial charge on any atom is -0.484 e. The number of ether oxygens (including phenoxy) is 1. The third-order valence-corrected chi connectivity index (χ3v) is 4.69. The van der Waals surface area contributed by atoms with Crippen molar-refractivity contribution in [2.75, 3.05) is 39.3 Å². The monoisotopic (exact) mass is 342 g/mol. The highest BCUT2D eigenvalue weighted by Crippen LogP contribution is 2.12. The number of aromatic nitrogens is 2. The molecule has 2 heterocycles. The number of piperazine rings is 1. The van der Waals surface area contributed by atoms with Gasteiger partial charge < -0.3 is 14.2 Å². The second-order valence-corrected chi connectivity index (χ2v) is 6.49. The summed E-state index contributed by atoms with van der Waals surface area (Å²) in [6.07, 6.45) is 3.84. The van der Waals surface area contributed by atoms with E-state index >= 15 is 0 Å². The van der Waals surface area contributed by atoms with Crippen LogP contribution in [-0.2, 0) is 11.3 Å². The lowest BCUT2D eigenvalue weighted by Gasteiger charge is -2.34. The van der Waals surface area contributed by atoms with Crippen molar-refractivity contribution in [3.8, 4) is 5.75 Å².